The summed E-state index contributed by atoms with van der Waals surface area (Å²) in [6.45, 7) is 2.14. The zero-order valence-corrected chi connectivity index (χ0v) is 24.1. The third kappa shape index (κ3) is 4.66. The Labute approximate surface area is 237 Å². The monoisotopic (exact) mass is 574 g/mol. The highest BCUT2D eigenvalue weighted by atomic mass is 33.1. The van der Waals surface area contributed by atoms with Crippen molar-refractivity contribution in [1.82, 2.24) is 39.0 Å². The molecular weight excluding hydrogens is 553 g/mol. The van der Waals surface area contributed by atoms with Gasteiger partial charge in [-0.15, -0.1) is 24.4 Å². The Morgan fingerprint density at radius 2 is 1.32 bits per heavy atom. The summed E-state index contributed by atoms with van der Waals surface area (Å²) in [4.78, 5) is 32.0. The van der Waals surface area contributed by atoms with E-state index in [1.807, 2.05) is 66.1 Å². The predicted octanol–water partition coefficient (Wildman–Crippen LogP) is 6.57. The zero-order chi connectivity index (χ0) is 26.2. The number of fused-ring (bicyclic) bond motifs is 2. The second-order valence-electron chi connectivity index (χ2n) is 8.34. The average Bonchev–Trinajstić information content (AvgIpc) is 3.44. The molecule has 0 aromatic carbocycles. The van der Waals surface area contributed by atoms with E-state index in [0.717, 1.165) is 70.7 Å². The van der Waals surface area contributed by atoms with Crippen molar-refractivity contribution in [3.63, 3.8) is 0 Å². The van der Waals surface area contributed by atoms with Crippen LogP contribution in [0.3, 0.4) is 0 Å². The minimum atomic E-state index is 0.736. The Kier molecular flexibility index (Phi) is 7.04. The number of rotatable bonds is 7. The van der Waals surface area contributed by atoms with Gasteiger partial charge in [0.15, 0.2) is 22.9 Å². The summed E-state index contributed by atoms with van der Waals surface area (Å²) in [5.74, 6) is 2.53. The van der Waals surface area contributed by atoms with Crippen molar-refractivity contribution in [2.45, 2.75) is 26.5 Å². The molecule has 0 radical (unpaired) electrons. The fourth-order valence-corrected chi connectivity index (χ4v) is 6.96. The van der Waals surface area contributed by atoms with Gasteiger partial charge < -0.3 is 9.13 Å². The van der Waals surface area contributed by atoms with Crippen LogP contribution in [0.2, 0.25) is 0 Å². The lowest BCUT2D eigenvalue weighted by molar-refractivity contribution is 0.926. The number of thiol groups is 1. The van der Waals surface area contributed by atoms with Gasteiger partial charge in [-0.2, -0.15) is 0 Å². The molecule has 0 aliphatic rings. The largest absolute Gasteiger partial charge is 0.310 e. The van der Waals surface area contributed by atoms with Gasteiger partial charge >= 0.3 is 0 Å². The quantitative estimate of drug-likeness (QED) is 0.129. The van der Waals surface area contributed by atoms with Crippen LogP contribution in [0.15, 0.2) is 80.8 Å². The Bertz CT molecular complexity index is 1800. The van der Waals surface area contributed by atoms with Crippen LogP contribution in [0.5, 0.6) is 0 Å². The second-order valence-corrected chi connectivity index (χ2v) is 12.4. The van der Waals surface area contributed by atoms with Gasteiger partial charge in [0.25, 0.3) is 0 Å². The van der Waals surface area contributed by atoms with Crippen molar-refractivity contribution < 1.29 is 0 Å². The van der Waals surface area contributed by atoms with Gasteiger partial charge in [0, 0.05) is 58.5 Å². The molecule has 0 N–H and O–H groups in total. The van der Waals surface area contributed by atoms with Crippen LogP contribution in [0, 0.1) is 0 Å². The van der Waals surface area contributed by atoms with Crippen molar-refractivity contribution in [2.75, 3.05) is 5.75 Å². The number of aryl methyl sites for hydroxylation is 2. The molecule has 6 heterocycles. The molecule has 0 aliphatic heterocycles. The van der Waals surface area contributed by atoms with Crippen molar-refractivity contribution in [2.24, 2.45) is 14.1 Å². The van der Waals surface area contributed by atoms with E-state index in [1.165, 1.54) is 0 Å². The highest BCUT2D eigenvalue weighted by Gasteiger charge is 2.17. The molecule has 0 atom stereocenters. The summed E-state index contributed by atoms with van der Waals surface area (Å²) in [6.07, 6.45) is 7.30. The Morgan fingerprint density at radius 1 is 0.763 bits per heavy atom. The van der Waals surface area contributed by atoms with Crippen molar-refractivity contribution >= 4 is 68.3 Å². The molecular formula is C26H22N8S4. The van der Waals surface area contributed by atoms with Crippen molar-refractivity contribution in [3.05, 3.63) is 61.2 Å². The second kappa shape index (κ2) is 10.6. The van der Waals surface area contributed by atoms with E-state index in [-0.39, 0.29) is 0 Å². The first kappa shape index (κ1) is 25.2. The molecule has 0 bridgehead atoms. The fourth-order valence-electron chi connectivity index (χ4n) is 4.13. The van der Waals surface area contributed by atoms with Gasteiger partial charge in [0.05, 0.1) is 0 Å². The molecule has 0 aliphatic carbocycles. The standard InChI is InChI=1S/C26H22N8S4/c1-4-36-20-8-6-10-28-22(20)26-32-18-12-16(14-30-24(18)34(26)3)38-37-15-11-17-23(29-13-15)33(2)25(31-17)21-19(35)7-5-9-27-21/h5-14,35H,4H2,1-3H3. The fraction of sp³-hybridized carbons (Fsp3) is 0.154. The van der Waals surface area contributed by atoms with Gasteiger partial charge in [-0.05, 0) is 42.2 Å². The maximum atomic E-state index is 4.90. The maximum absolute atomic E-state index is 4.90. The third-order valence-corrected chi connectivity index (χ3v) is 9.49. The number of thioether (sulfide) groups is 1. The summed E-state index contributed by atoms with van der Waals surface area (Å²) in [7, 11) is 7.15. The van der Waals surface area contributed by atoms with Crippen LogP contribution in [-0.4, -0.2) is 44.8 Å². The van der Waals surface area contributed by atoms with Crippen LogP contribution in [-0.2, 0) is 14.1 Å². The Hall–Kier alpha value is -3.06. The summed E-state index contributed by atoms with van der Waals surface area (Å²) < 4.78 is 3.95. The lowest BCUT2D eigenvalue weighted by Gasteiger charge is -2.06. The van der Waals surface area contributed by atoms with Crippen LogP contribution < -0.4 is 0 Å². The first-order chi connectivity index (χ1) is 18.5. The average molecular weight is 575 g/mol. The zero-order valence-electron chi connectivity index (χ0n) is 20.7. The van der Waals surface area contributed by atoms with Gasteiger partial charge in [-0.1, -0.05) is 28.5 Å². The van der Waals surface area contributed by atoms with Crippen LogP contribution >= 0.6 is 46.0 Å². The molecule has 0 amide bonds. The predicted molar refractivity (Wildman–Crippen MR) is 159 cm³/mol. The molecule has 8 nitrogen and oxygen atoms in total. The first-order valence-electron chi connectivity index (χ1n) is 11.8. The van der Waals surface area contributed by atoms with E-state index < -0.39 is 0 Å². The number of hydrogen-bond donors (Lipinski definition) is 1. The van der Waals surface area contributed by atoms with E-state index in [0.29, 0.717) is 0 Å². The smallest absolute Gasteiger partial charge is 0.161 e. The Morgan fingerprint density at radius 3 is 1.89 bits per heavy atom. The molecule has 0 saturated carbocycles. The van der Waals surface area contributed by atoms with E-state index in [9.17, 15) is 0 Å². The highest BCUT2D eigenvalue weighted by Crippen LogP contribution is 2.39. The van der Waals surface area contributed by atoms with Crippen LogP contribution in [0.1, 0.15) is 6.92 Å². The molecule has 6 aromatic rings. The van der Waals surface area contributed by atoms with E-state index in [2.05, 4.69) is 46.6 Å². The molecule has 0 unspecified atom stereocenters. The number of pyridine rings is 4. The van der Waals surface area contributed by atoms with Crippen LogP contribution in [0.4, 0.5) is 0 Å². The number of nitrogens with zero attached hydrogens (tertiary/aromatic N) is 8. The molecule has 0 fully saturated rings. The number of imidazole rings is 2. The molecule has 38 heavy (non-hydrogen) atoms. The van der Waals surface area contributed by atoms with Crippen molar-refractivity contribution in [1.29, 1.82) is 0 Å². The van der Waals surface area contributed by atoms with E-state index >= 15 is 0 Å². The first-order valence-corrected chi connectivity index (χ1v) is 15.3. The van der Waals surface area contributed by atoms with Gasteiger partial charge in [0.1, 0.15) is 22.4 Å². The maximum Gasteiger partial charge on any atom is 0.161 e. The minimum absolute atomic E-state index is 0.736. The lowest BCUT2D eigenvalue weighted by Crippen LogP contribution is -1.97. The van der Waals surface area contributed by atoms with Crippen LogP contribution in [0.25, 0.3) is 45.4 Å². The van der Waals surface area contributed by atoms with Gasteiger partial charge in [0.2, 0.25) is 0 Å². The SMILES string of the molecule is CCSc1cccnc1-c1nc2cc(SSc3cnc4c(c3)nc(-c3ncccc3S)n4C)cnc2n1C. The van der Waals surface area contributed by atoms with E-state index in [4.69, 9.17) is 15.0 Å². The summed E-state index contributed by atoms with van der Waals surface area (Å²) in [5.41, 5.74) is 4.90. The molecule has 0 spiro atoms. The van der Waals surface area contributed by atoms with Gasteiger partial charge in [-0.25, -0.2) is 19.9 Å². The lowest BCUT2D eigenvalue weighted by atomic mass is 10.3. The number of hydrogen-bond acceptors (Lipinski definition) is 10. The molecule has 6 aromatic heterocycles. The molecule has 6 rings (SSSR count). The Balaban J connectivity index is 1.26. The molecule has 12 heteroatoms. The van der Waals surface area contributed by atoms with Gasteiger partial charge in [-0.3, -0.25) is 9.97 Å². The highest BCUT2D eigenvalue weighted by molar-refractivity contribution is 8.76. The molecule has 0 saturated heterocycles. The summed E-state index contributed by atoms with van der Waals surface area (Å²) >= 11 is 6.30. The van der Waals surface area contributed by atoms with Crippen molar-refractivity contribution in [3.8, 4) is 23.0 Å². The minimum Gasteiger partial charge on any atom is -0.310 e. The summed E-state index contributed by atoms with van der Waals surface area (Å²) in [5, 5.41) is 0. The number of aromatic nitrogens is 8. The topological polar surface area (TPSA) is 87.2 Å². The molecule has 190 valence electrons. The third-order valence-electron chi connectivity index (χ3n) is 5.88. The van der Waals surface area contributed by atoms with E-state index in [1.54, 1.807) is 39.5 Å². The normalized spacial score (nSPS) is 11.6. The summed E-state index contributed by atoms with van der Waals surface area (Å²) in [6, 6.07) is 11.9.